The number of nitrogens with zero attached hydrogens (tertiary/aromatic N) is 3. The van der Waals surface area contributed by atoms with Crippen molar-refractivity contribution in [2.45, 2.75) is 70.9 Å². The van der Waals surface area contributed by atoms with Gasteiger partial charge in [0.15, 0.2) is 0 Å². The van der Waals surface area contributed by atoms with E-state index in [4.69, 9.17) is 16.6 Å². The van der Waals surface area contributed by atoms with Crippen LogP contribution in [0.25, 0.3) is 22.3 Å². The number of halogens is 1. The van der Waals surface area contributed by atoms with Crippen LogP contribution < -0.4 is 10.9 Å². The minimum atomic E-state index is -0.215. The van der Waals surface area contributed by atoms with E-state index in [0.717, 1.165) is 5.92 Å². The molecule has 0 bridgehead atoms. The molecule has 5 rings (SSSR count). The summed E-state index contributed by atoms with van der Waals surface area (Å²) in [5.41, 5.74) is 2.37. The van der Waals surface area contributed by atoms with Crippen molar-refractivity contribution in [3.8, 4) is 11.4 Å². The fraction of sp³-hybridized carbons (Fsp3) is 0.500. The van der Waals surface area contributed by atoms with Gasteiger partial charge in [-0.3, -0.25) is 14.2 Å². The van der Waals surface area contributed by atoms with Crippen LogP contribution in [-0.4, -0.2) is 46.0 Å². The molecule has 0 unspecified atom stereocenters. The molecule has 1 aliphatic carbocycles. The first-order chi connectivity index (χ1) is 17.9. The molecule has 196 valence electrons. The highest BCUT2D eigenvalue weighted by atomic mass is 35.5. The largest absolute Gasteiger partial charge is 0.352 e. The number of benzene rings is 2. The van der Waals surface area contributed by atoms with Crippen molar-refractivity contribution < 1.29 is 4.79 Å². The maximum absolute atomic E-state index is 13.8. The van der Waals surface area contributed by atoms with E-state index < -0.39 is 0 Å². The Morgan fingerprint density at radius 1 is 1.11 bits per heavy atom. The summed E-state index contributed by atoms with van der Waals surface area (Å²) in [6.07, 6.45) is 7.69. The number of hydrogen-bond acceptors (Lipinski definition) is 4. The van der Waals surface area contributed by atoms with Crippen LogP contribution in [0, 0.1) is 5.92 Å². The van der Waals surface area contributed by atoms with E-state index in [9.17, 15) is 9.59 Å². The van der Waals surface area contributed by atoms with Crippen LogP contribution in [0.4, 0.5) is 0 Å². The number of nitrogens with one attached hydrogen (secondary N) is 1. The molecule has 3 aromatic rings. The maximum atomic E-state index is 13.8. The fourth-order valence-corrected chi connectivity index (χ4v) is 5.98. The quantitative estimate of drug-likeness (QED) is 0.419. The summed E-state index contributed by atoms with van der Waals surface area (Å²) in [5.74, 6) is 1.49. The minimum Gasteiger partial charge on any atom is -0.352 e. The molecule has 6 nitrogen and oxygen atoms in total. The van der Waals surface area contributed by atoms with Crippen molar-refractivity contribution in [3.63, 3.8) is 0 Å². The number of piperidine rings is 1. The van der Waals surface area contributed by atoms with E-state index in [2.05, 4.69) is 16.3 Å². The smallest absolute Gasteiger partial charge is 0.262 e. The van der Waals surface area contributed by atoms with E-state index in [1.807, 2.05) is 38.1 Å². The first kappa shape index (κ1) is 25.9. The van der Waals surface area contributed by atoms with Gasteiger partial charge in [0.05, 0.1) is 10.9 Å². The molecule has 1 saturated carbocycles. The van der Waals surface area contributed by atoms with E-state index >= 15 is 0 Å². The molecule has 2 aromatic carbocycles. The van der Waals surface area contributed by atoms with Crippen LogP contribution in [0.1, 0.15) is 63.9 Å². The van der Waals surface area contributed by atoms with Crippen molar-refractivity contribution in [2.24, 2.45) is 5.92 Å². The zero-order chi connectivity index (χ0) is 25.9. The molecule has 1 amide bonds. The summed E-state index contributed by atoms with van der Waals surface area (Å²) >= 11 is 6.24. The Labute approximate surface area is 224 Å². The molecule has 1 N–H and O–H groups in total. The van der Waals surface area contributed by atoms with E-state index in [1.165, 1.54) is 68.3 Å². The summed E-state index contributed by atoms with van der Waals surface area (Å²) in [6, 6.07) is 13.3. The normalized spacial score (nSPS) is 20.2. The molecule has 2 heterocycles. The second-order valence-electron chi connectivity index (χ2n) is 11.1. The van der Waals surface area contributed by atoms with Gasteiger partial charge in [0.2, 0.25) is 5.91 Å². The molecular formula is C30H37ClN4O2. The summed E-state index contributed by atoms with van der Waals surface area (Å²) in [6.45, 7) is 7.45. The van der Waals surface area contributed by atoms with Crippen LogP contribution in [0.15, 0.2) is 47.3 Å². The molecule has 0 atom stereocenters. The van der Waals surface area contributed by atoms with Gasteiger partial charge in [-0.2, -0.15) is 0 Å². The van der Waals surface area contributed by atoms with Crippen LogP contribution in [0.5, 0.6) is 0 Å². The second-order valence-corrected chi connectivity index (χ2v) is 11.5. The lowest BCUT2D eigenvalue weighted by atomic mass is 9.70. The van der Waals surface area contributed by atoms with E-state index in [-0.39, 0.29) is 24.1 Å². The van der Waals surface area contributed by atoms with Gasteiger partial charge in [0.1, 0.15) is 12.4 Å². The molecule has 1 aromatic heterocycles. The first-order valence-electron chi connectivity index (χ1n) is 13.7. The topological polar surface area (TPSA) is 67.2 Å². The SMILES string of the molecule is CC(C)NC(=O)Cn1c(-c2cccc(Cl)c2)nc2ccc([C@H]3C[C@H](CCN4CCCCC4)C3)cc2c1=O. The zero-order valence-corrected chi connectivity index (χ0v) is 22.6. The van der Waals surface area contributed by atoms with Gasteiger partial charge in [-0.1, -0.05) is 36.2 Å². The number of carbonyl (C=O) groups is 1. The summed E-state index contributed by atoms with van der Waals surface area (Å²) in [4.78, 5) is 33.9. The Bertz CT molecular complexity index is 1320. The molecule has 2 aliphatic rings. The Morgan fingerprint density at radius 2 is 1.89 bits per heavy atom. The van der Waals surface area contributed by atoms with Gasteiger partial charge in [0.25, 0.3) is 5.56 Å². The van der Waals surface area contributed by atoms with Gasteiger partial charge in [-0.05, 0) is 107 Å². The number of fused-ring (bicyclic) bond motifs is 1. The average Bonchev–Trinajstić information content (AvgIpc) is 2.85. The lowest BCUT2D eigenvalue weighted by molar-refractivity contribution is -0.122. The summed E-state index contributed by atoms with van der Waals surface area (Å²) in [5, 5.41) is 4.01. The molecule has 0 spiro atoms. The number of hydrogen-bond donors (Lipinski definition) is 1. The first-order valence-corrected chi connectivity index (χ1v) is 14.1. The highest BCUT2D eigenvalue weighted by Crippen LogP contribution is 2.43. The van der Waals surface area contributed by atoms with Crippen LogP contribution >= 0.6 is 11.6 Å². The number of aromatic nitrogens is 2. The molecule has 1 saturated heterocycles. The third-order valence-electron chi connectivity index (χ3n) is 7.82. The van der Waals surface area contributed by atoms with Crippen LogP contribution in [-0.2, 0) is 11.3 Å². The zero-order valence-electron chi connectivity index (χ0n) is 21.9. The third kappa shape index (κ3) is 6.07. The average molecular weight is 521 g/mol. The molecule has 1 aliphatic heterocycles. The van der Waals surface area contributed by atoms with Crippen LogP contribution in [0.2, 0.25) is 5.02 Å². The third-order valence-corrected chi connectivity index (χ3v) is 8.06. The molecule has 2 fully saturated rings. The van der Waals surface area contributed by atoms with Crippen LogP contribution in [0.3, 0.4) is 0 Å². The predicted molar refractivity (Wildman–Crippen MR) is 150 cm³/mol. The summed E-state index contributed by atoms with van der Waals surface area (Å²) in [7, 11) is 0. The standard InChI is InChI=1S/C30H37ClN4O2/c1-20(2)32-28(36)19-35-29(23-7-6-8-25(31)17-23)33-27-10-9-22(18-26(27)30(35)37)24-15-21(16-24)11-14-34-12-4-3-5-13-34/h6-10,17-18,20-21,24H,3-5,11-16,19H2,1-2H3,(H,32,36)/t21-,24-. The van der Waals surface area contributed by atoms with Crippen molar-refractivity contribution >= 4 is 28.4 Å². The molecule has 37 heavy (non-hydrogen) atoms. The Hall–Kier alpha value is -2.70. The minimum absolute atomic E-state index is 0.0145. The van der Waals surface area contributed by atoms with Crippen molar-refractivity contribution in [1.29, 1.82) is 0 Å². The Balaban J connectivity index is 1.39. The van der Waals surface area contributed by atoms with Gasteiger partial charge < -0.3 is 10.2 Å². The summed E-state index contributed by atoms with van der Waals surface area (Å²) < 4.78 is 1.48. The monoisotopic (exact) mass is 520 g/mol. The lowest BCUT2D eigenvalue weighted by Crippen LogP contribution is -2.37. The van der Waals surface area contributed by atoms with Gasteiger partial charge in [0, 0.05) is 16.6 Å². The highest BCUT2D eigenvalue weighted by Gasteiger charge is 2.31. The number of rotatable bonds is 8. The predicted octanol–water partition coefficient (Wildman–Crippen LogP) is 5.61. The Morgan fingerprint density at radius 3 is 2.62 bits per heavy atom. The lowest BCUT2D eigenvalue weighted by Gasteiger charge is -2.37. The van der Waals surface area contributed by atoms with Crippen molar-refractivity contribution in [3.05, 3.63) is 63.4 Å². The van der Waals surface area contributed by atoms with Crippen molar-refractivity contribution in [2.75, 3.05) is 19.6 Å². The number of carbonyl (C=O) groups excluding carboxylic acids is 1. The van der Waals surface area contributed by atoms with Gasteiger partial charge >= 0.3 is 0 Å². The van der Waals surface area contributed by atoms with Gasteiger partial charge in [-0.15, -0.1) is 0 Å². The number of likely N-dealkylation sites (tertiary alicyclic amines) is 1. The fourth-order valence-electron chi connectivity index (χ4n) is 5.79. The highest BCUT2D eigenvalue weighted by molar-refractivity contribution is 6.30. The molecular weight excluding hydrogens is 484 g/mol. The molecule has 0 radical (unpaired) electrons. The van der Waals surface area contributed by atoms with E-state index in [1.54, 1.807) is 12.1 Å². The van der Waals surface area contributed by atoms with Crippen molar-refractivity contribution in [1.82, 2.24) is 19.8 Å². The van der Waals surface area contributed by atoms with E-state index in [0.29, 0.717) is 33.2 Å². The second kappa shape index (κ2) is 11.4. The molecule has 7 heteroatoms. The maximum Gasteiger partial charge on any atom is 0.262 e. The number of amides is 1. The Kier molecular flexibility index (Phi) is 7.96. The van der Waals surface area contributed by atoms with Gasteiger partial charge in [-0.25, -0.2) is 4.98 Å².